The van der Waals surface area contributed by atoms with Crippen molar-refractivity contribution in [3.05, 3.63) is 45.9 Å². The summed E-state index contributed by atoms with van der Waals surface area (Å²) in [7, 11) is -3.50. The smallest absolute Gasteiger partial charge is 0.252 e. The summed E-state index contributed by atoms with van der Waals surface area (Å²) < 4.78 is 24.7. The lowest BCUT2D eigenvalue weighted by atomic mass is 10.2. The van der Waals surface area contributed by atoms with Gasteiger partial charge in [0.15, 0.2) is 9.84 Å². The molecule has 0 saturated carbocycles. The van der Waals surface area contributed by atoms with Crippen molar-refractivity contribution >= 4 is 27.1 Å². The van der Waals surface area contributed by atoms with Gasteiger partial charge in [-0.15, -0.1) is 11.3 Å². The predicted octanol–water partition coefficient (Wildman–Crippen LogP) is 2.56. The molecule has 118 valence electrons. The Balaban J connectivity index is 2.23. The van der Waals surface area contributed by atoms with E-state index in [1.54, 1.807) is 32.2 Å². The molecule has 5 nitrogen and oxygen atoms in total. The molecule has 0 saturated heterocycles. The molecule has 0 aliphatic carbocycles. The van der Waals surface area contributed by atoms with Crippen LogP contribution in [0.3, 0.4) is 0 Å². The Morgan fingerprint density at radius 3 is 2.59 bits per heavy atom. The molecule has 0 aliphatic heterocycles. The van der Waals surface area contributed by atoms with Gasteiger partial charge in [-0.05, 0) is 32.9 Å². The third-order valence-corrected chi connectivity index (χ3v) is 6.27. The van der Waals surface area contributed by atoms with Crippen LogP contribution in [0, 0.1) is 6.92 Å². The van der Waals surface area contributed by atoms with E-state index < -0.39 is 21.0 Å². The van der Waals surface area contributed by atoms with Gasteiger partial charge in [-0.1, -0.05) is 12.1 Å². The maximum atomic E-state index is 12.3. The van der Waals surface area contributed by atoms with E-state index in [0.717, 1.165) is 9.88 Å². The molecule has 1 aromatic carbocycles. The first-order chi connectivity index (χ1) is 10.3. The molecule has 2 aromatic rings. The van der Waals surface area contributed by atoms with Crippen LogP contribution in [-0.2, 0) is 16.4 Å². The Kier molecular flexibility index (Phi) is 4.97. The molecule has 1 N–H and O–H groups in total. The third-order valence-electron chi connectivity index (χ3n) is 3.15. The van der Waals surface area contributed by atoms with Gasteiger partial charge < -0.3 is 5.32 Å². The molecule has 0 bridgehead atoms. The molecule has 2 rings (SSSR count). The van der Waals surface area contributed by atoms with E-state index in [1.807, 2.05) is 6.92 Å². The molecule has 0 aliphatic rings. The average Bonchev–Trinajstić information content (AvgIpc) is 2.90. The van der Waals surface area contributed by atoms with Crippen LogP contribution in [-0.4, -0.2) is 24.6 Å². The zero-order chi connectivity index (χ0) is 16.3. The normalized spacial score (nSPS) is 11.6. The Labute approximate surface area is 134 Å². The summed E-state index contributed by atoms with van der Waals surface area (Å²) in [6.07, 6.45) is 1.71. The largest absolute Gasteiger partial charge is 0.347 e. The third kappa shape index (κ3) is 3.53. The second-order valence-corrected chi connectivity index (χ2v) is 8.91. The molecular formula is C15H18N2O3S2. The SMILES string of the molecule is Cc1ncc(CNC(=O)c2ccccc2S(=O)(=O)C(C)C)s1. The van der Waals surface area contributed by atoms with E-state index in [9.17, 15) is 13.2 Å². The Hall–Kier alpha value is -1.73. The number of amides is 1. The second-order valence-electron chi connectivity index (χ2n) is 5.12. The highest BCUT2D eigenvalue weighted by molar-refractivity contribution is 7.92. The molecule has 22 heavy (non-hydrogen) atoms. The topological polar surface area (TPSA) is 76.1 Å². The first-order valence-electron chi connectivity index (χ1n) is 6.85. The Bertz CT molecular complexity index is 780. The monoisotopic (exact) mass is 338 g/mol. The van der Waals surface area contributed by atoms with Crippen LogP contribution in [0.1, 0.15) is 34.1 Å². The number of hydrogen-bond acceptors (Lipinski definition) is 5. The molecule has 1 heterocycles. The van der Waals surface area contributed by atoms with Crippen LogP contribution in [0.15, 0.2) is 35.4 Å². The van der Waals surface area contributed by atoms with Gasteiger partial charge in [0.25, 0.3) is 5.91 Å². The minimum atomic E-state index is -3.50. The van der Waals surface area contributed by atoms with Gasteiger partial charge in [0.2, 0.25) is 0 Å². The Morgan fingerprint density at radius 1 is 1.32 bits per heavy atom. The number of sulfone groups is 1. The summed E-state index contributed by atoms with van der Waals surface area (Å²) in [6.45, 7) is 5.43. The van der Waals surface area contributed by atoms with Crippen molar-refractivity contribution in [1.82, 2.24) is 10.3 Å². The van der Waals surface area contributed by atoms with Gasteiger partial charge in [-0.25, -0.2) is 13.4 Å². The lowest BCUT2D eigenvalue weighted by Crippen LogP contribution is -2.26. The predicted molar refractivity (Wildman–Crippen MR) is 86.8 cm³/mol. The summed E-state index contributed by atoms with van der Waals surface area (Å²) >= 11 is 1.50. The van der Waals surface area contributed by atoms with Crippen molar-refractivity contribution < 1.29 is 13.2 Å². The molecule has 0 radical (unpaired) electrons. The minimum absolute atomic E-state index is 0.0722. The summed E-state index contributed by atoms with van der Waals surface area (Å²) in [6, 6.07) is 6.29. The number of rotatable bonds is 5. The van der Waals surface area contributed by atoms with Crippen molar-refractivity contribution in [2.24, 2.45) is 0 Å². The summed E-state index contributed by atoms with van der Waals surface area (Å²) in [5.74, 6) is -0.397. The highest BCUT2D eigenvalue weighted by Gasteiger charge is 2.25. The molecule has 0 unspecified atom stereocenters. The van der Waals surface area contributed by atoms with Crippen molar-refractivity contribution in [3.8, 4) is 0 Å². The highest BCUT2D eigenvalue weighted by Crippen LogP contribution is 2.20. The zero-order valence-electron chi connectivity index (χ0n) is 12.7. The summed E-state index contributed by atoms with van der Waals surface area (Å²) in [5.41, 5.74) is 0.178. The minimum Gasteiger partial charge on any atom is -0.347 e. The van der Waals surface area contributed by atoms with Gasteiger partial charge in [0, 0.05) is 11.1 Å². The van der Waals surface area contributed by atoms with E-state index in [2.05, 4.69) is 10.3 Å². The Morgan fingerprint density at radius 2 is 2.00 bits per heavy atom. The van der Waals surface area contributed by atoms with Gasteiger partial charge in [-0.2, -0.15) is 0 Å². The van der Waals surface area contributed by atoms with Crippen LogP contribution in [0.4, 0.5) is 0 Å². The number of benzene rings is 1. The average molecular weight is 338 g/mol. The van der Waals surface area contributed by atoms with Gasteiger partial charge in [0.1, 0.15) is 0 Å². The molecule has 0 atom stereocenters. The van der Waals surface area contributed by atoms with E-state index >= 15 is 0 Å². The van der Waals surface area contributed by atoms with Gasteiger partial charge >= 0.3 is 0 Å². The van der Waals surface area contributed by atoms with E-state index in [4.69, 9.17) is 0 Å². The molecule has 1 aromatic heterocycles. The fourth-order valence-electron chi connectivity index (χ4n) is 1.91. The molecule has 1 amide bonds. The van der Waals surface area contributed by atoms with Crippen molar-refractivity contribution in [2.75, 3.05) is 0 Å². The fraction of sp³-hybridized carbons (Fsp3) is 0.333. The molecular weight excluding hydrogens is 320 g/mol. The zero-order valence-corrected chi connectivity index (χ0v) is 14.3. The number of nitrogens with zero attached hydrogens (tertiary/aromatic N) is 1. The van der Waals surface area contributed by atoms with Gasteiger partial charge in [-0.3, -0.25) is 4.79 Å². The van der Waals surface area contributed by atoms with Crippen LogP contribution < -0.4 is 5.32 Å². The number of thiazole rings is 1. The molecule has 0 spiro atoms. The molecule has 0 fully saturated rings. The maximum Gasteiger partial charge on any atom is 0.252 e. The maximum absolute atomic E-state index is 12.3. The van der Waals surface area contributed by atoms with Crippen LogP contribution in [0.5, 0.6) is 0 Å². The van der Waals surface area contributed by atoms with Crippen molar-refractivity contribution in [2.45, 2.75) is 37.5 Å². The summed E-state index contributed by atoms with van der Waals surface area (Å²) in [5, 5.41) is 3.09. The lowest BCUT2D eigenvalue weighted by Gasteiger charge is -2.12. The fourth-order valence-corrected chi connectivity index (χ4v) is 3.88. The number of carbonyl (C=O) groups is 1. The van der Waals surface area contributed by atoms with Crippen LogP contribution >= 0.6 is 11.3 Å². The van der Waals surface area contributed by atoms with E-state index in [1.165, 1.54) is 23.5 Å². The lowest BCUT2D eigenvalue weighted by molar-refractivity contribution is 0.0948. The first-order valence-corrected chi connectivity index (χ1v) is 9.21. The number of nitrogens with one attached hydrogen (secondary N) is 1. The molecule has 7 heteroatoms. The van der Waals surface area contributed by atoms with Crippen molar-refractivity contribution in [1.29, 1.82) is 0 Å². The highest BCUT2D eigenvalue weighted by atomic mass is 32.2. The number of aromatic nitrogens is 1. The van der Waals surface area contributed by atoms with E-state index in [0.29, 0.717) is 6.54 Å². The summed E-state index contributed by atoms with van der Waals surface area (Å²) in [4.78, 5) is 17.4. The standard InChI is InChI=1S/C15H18N2O3S2/c1-10(2)22(19,20)14-7-5-4-6-13(14)15(18)17-9-12-8-16-11(3)21-12/h4-8,10H,9H2,1-3H3,(H,17,18). The number of aryl methyl sites for hydroxylation is 1. The van der Waals surface area contributed by atoms with Gasteiger partial charge in [0.05, 0.1) is 27.3 Å². The second kappa shape index (κ2) is 6.58. The van der Waals surface area contributed by atoms with Crippen LogP contribution in [0.2, 0.25) is 0 Å². The number of carbonyl (C=O) groups excluding carboxylic acids is 1. The van der Waals surface area contributed by atoms with Crippen LogP contribution in [0.25, 0.3) is 0 Å². The van der Waals surface area contributed by atoms with Crippen molar-refractivity contribution in [3.63, 3.8) is 0 Å². The van der Waals surface area contributed by atoms with E-state index in [-0.39, 0.29) is 10.5 Å². The first kappa shape index (κ1) is 16.6. The number of hydrogen-bond donors (Lipinski definition) is 1. The quantitative estimate of drug-likeness (QED) is 0.909.